The van der Waals surface area contributed by atoms with E-state index in [1.807, 2.05) is 37.3 Å². The van der Waals surface area contributed by atoms with E-state index in [1.165, 1.54) is 0 Å². The Kier molecular flexibility index (Phi) is 8.14. The van der Waals surface area contributed by atoms with Gasteiger partial charge in [-0.15, -0.1) is 0 Å². The van der Waals surface area contributed by atoms with Crippen molar-refractivity contribution in [1.29, 1.82) is 0 Å². The highest BCUT2D eigenvalue weighted by molar-refractivity contribution is 5.94. The number of rotatable bonds is 10. The van der Waals surface area contributed by atoms with Crippen LogP contribution in [0.1, 0.15) is 60.6 Å². The van der Waals surface area contributed by atoms with Crippen LogP contribution in [0.4, 0.5) is 0 Å². The van der Waals surface area contributed by atoms with E-state index in [0.717, 1.165) is 36.1 Å². The molecule has 1 unspecified atom stereocenters. The molecule has 0 bridgehead atoms. The second-order valence-electron chi connectivity index (χ2n) is 6.56. The molecule has 2 aromatic carbocycles. The lowest BCUT2D eigenvalue weighted by Gasteiger charge is -2.17. The Morgan fingerprint density at radius 2 is 1.85 bits per heavy atom. The fourth-order valence-electron chi connectivity index (χ4n) is 2.76. The summed E-state index contributed by atoms with van der Waals surface area (Å²) in [5, 5.41) is 3.01. The smallest absolute Gasteiger partial charge is 0.251 e. The van der Waals surface area contributed by atoms with Gasteiger partial charge < -0.3 is 20.5 Å². The van der Waals surface area contributed by atoms with E-state index in [-0.39, 0.29) is 11.9 Å². The molecule has 146 valence electrons. The molecule has 0 saturated heterocycles. The summed E-state index contributed by atoms with van der Waals surface area (Å²) in [7, 11) is 1.63. The minimum Gasteiger partial charge on any atom is -0.493 e. The summed E-state index contributed by atoms with van der Waals surface area (Å²) in [5.74, 6) is 1.29. The molecular formula is C22H30N2O3. The third-order valence-electron chi connectivity index (χ3n) is 4.49. The highest BCUT2D eigenvalue weighted by Gasteiger charge is 2.14. The van der Waals surface area contributed by atoms with Crippen molar-refractivity contribution in [1.82, 2.24) is 5.32 Å². The van der Waals surface area contributed by atoms with Gasteiger partial charge in [-0.1, -0.05) is 38.0 Å². The van der Waals surface area contributed by atoms with Gasteiger partial charge in [-0.3, -0.25) is 4.79 Å². The second kappa shape index (κ2) is 10.6. The molecule has 0 radical (unpaired) electrons. The molecule has 0 fully saturated rings. The Morgan fingerprint density at radius 1 is 1.11 bits per heavy atom. The highest BCUT2D eigenvalue weighted by atomic mass is 16.5. The first-order chi connectivity index (χ1) is 13.1. The first kappa shape index (κ1) is 20.8. The summed E-state index contributed by atoms with van der Waals surface area (Å²) in [6.07, 6.45) is 3.33. The predicted octanol–water partition coefficient (Wildman–Crippen LogP) is 4.21. The Balaban J connectivity index is 2.02. The van der Waals surface area contributed by atoms with Crippen LogP contribution in [0.15, 0.2) is 42.5 Å². The predicted molar refractivity (Wildman–Crippen MR) is 108 cm³/mol. The zero-order valence-corrected chi connectivity index (χ0v) is 16.5. The van der Waals surface area contributed by atoms with E-state index in [2.05, 4.69) is 12.2 Å². The molecule has 2 aromatic rings. The fraction of sp³-hybridized carbons (Fsp3) is 0.409. The lowest BCUT2D eigenvalue weighted by Crippen LogP contribution is -2.26. The number of nitrogens with one attached hydrogen (secondary N) is 1. The maximum Gasteiger partial charge on any atom is 0.251 e. The summed E-state index contributed by atoms with van der Waals surface area (Å²) in [5.41, 5.74) is 8.16. The minimum absolute atomic E-state index is 0.120. The normalized spacial score (nSPS) is 11.7. The highest BCUT2D eigenvalue weighted by Crippen LogP contribution is 2.30. The largest absolute Gasteiger partial charge is 0.493 e. The summed E-state index contributed by atoms with van der Waals surface area (Å²) < 4.78 is 11.3. The lowest BCUT2D eigenvalue weighted by atomic mass is 10.1. The molecule has 3 N–H and O–H groups in total. The Labute approximate surface area is 161 Å². The van der Waals surface area contributed by atoms with Crippen molar-refractivity contribution in [3.8, 4) is 11.5 Å². The number of hydrogen-bond acceptors (Lipinski definition) is 4. The maximum absolute atomic E-state index is 12.5. The standard InChI is InChI=1S/C22H30N2O3/c1-4-5-6-13-27-20-12-11-19(14-21(20)26-3)16(2)24-22(25)18-9-7-17(15-23)8-10-18/h7-12,14,16H,4-6,13,15,23H2,1-3H3,(H,24,25). The van der Waals surface area contributed by atoms with Crippen LogP contribution in [-0.4, -0.2) is 19.6 Å². The van der Waals surface area contributed by atoms with Crippen molar-refractivity contribution >= 4 is 5.91 Å². The molecule has 0 saturated carbocycles. The molecule has 0 aliphatic heterocycles. The van der Waals surface area contributed by atoms with Gasteiger partial charge in [-0.2, -0.15) is 0 Å². The van der Waals surface area contributed by atoms with Crippen molar-refractivity contribution < 1.29 is 14.3 Å². The number of carbonyl (C=O) groups excluding carboxylic acids is 1. The number of nitrogens with two attached hydrogens (primary N) is 1. The number of carbonyl (C=O) groups is 1. The number of methoxy groups -OCH3 is 1. The first-order valence-corrected chi connectivity index (χ1v) is 9.49. The molecule has 0 spiro atoms. The van der Waals surface area contributed by atoms with Crippen LogP contribution in [0.3, 0.4) is 0 Å². The fourth-order valence-corrected chi connectivity index (χ4v) is 2.76. The van der Waals surface area contributed by atoms with Crippen LogP contribution in [-0.2, 0) is 6.54 Å². The van der Waals surface area contributed by atoms with Crippen LogP contribution < -0.4 is 20.5 Å². The number of ether oxygens (including phenoxy) is 2. The lowest BCUT2D eigenvalue weighted by molar-refractivity contribution is 0.0940. The molecule has 5 nitrogen and oxygen atoms in total. The zero-order chi connectivity index (χ0) is 19.6. The summed E-state index contributed by atoms with van der Waals surface area (Å²) >= 11 is 0. The Hall–Kier alpha value is -2.53. The topological polar surface area (TPSA) is 73.6 Å². The quantitative estimate of drug-likeness (QED) is 0.614. The van der Waals surface area contributed by atoms with E-state index >= 15 is 0 Å². The van der Waals surface area contributed by atoms with Crippen LogP contribution in [0.2, 0.25) is 0 Å². The maximum atomic E-state index is 12.5. The van der Waals surface area contributed by atoms with Crippen molar-refractivity contribution in [3.63, 3.8) is 0 Å². The molecule has 2 rings (SSSR count). The van der Waals surface area contributed by atoms with Gasteiger partial charge in [-0.05, 0) is 48.7 Å². The van der Waals surface area contributed by atoms with E-state index in [4.69, 9.17) is 15.2 Å². The Bertz CT molecular complexity index is 729. The average molecular weight is 370 g/mol. The molecule has 5 heteroatoms. The monoisotopic (exact) mass is 370 g/mol. The van der Waals surface area contributed by atoms with E-state index in [1.54, 1.807) is 19.2 Å². The molecule has 1 atom stereocenters. The molecule has 0 heterocycles. The van der Waals surface area contributed by atoms with Crippen molar-refractivity contribution in [2.75, 3.05) is 13.7 Å². The molecule has 27 heavy (non-hydrogen) atoms. The van der Waals surface area contributed by atoms with Crippen LogP contribution in [0, 0.1) is 0 Å². The van der Waals surface area contributed by atoms with E-state index < -0.39 is 0 Å². The number of benzene rings is 2. The number of hydrogen-bond donors (Lipinski definition) is 2. The second-order valence-corrected chi connectivity index (χ2v) is 6.56. The SMILES string of the molecule is CCCCCOc1ccc(C(C)NC(=O)c2ccc(CN)cc2)cc1OC. The van der Waals surface area contributed by atoms with Gasteiger partial charge in [0.2, 0.25) is 0 Å². The van der Waals surface area contributed by atoms with Crippen LogP contribution in [0.5, 0.6) is 11.5 Å². The van der Waals surface area contributed by atoms with Gasteiger partial charge in [0.1, 0.15) is 0 Å². The van der Waals surface area contributed by atoms with Gasteiger partial charge in [-0.25, -0.2) is 0 Å². The third-order valence-corrected chi connectivity index (χ3v) is 4.49. The van der Waals surface area contributed by atoms with E-state index in [9.17, 15) is 4.79 Å². The van der Waals surface area contributed by atoms with Crippen molar-refractivity contribution in [3.05, 3.63) is 59.2 Å². The van der Waals surface area contributed by atoms with Gasteiger partial charge in [0, 0.05) is 12.1 Å². The molecule has 0 aliphatic carbocycles. The molecule has 0 aromatic heterocycles. The summed E-state index contributed by atoms with van der Waals surface area (Å²) in [6.45, 7) is 5.25. The Morgan fingerprint density at radius 3 is 2.48 bits per heavy atom. The van der Waals surface area contributed by atoms with Gasteiger partial charge in [0.05, 0.1) is 19.8 Å². The first-order valence-electron chi connectivity index (χ1n) is 9.49. The summed E-state index contributed by atoms with van der Waals surface area (Å²) in [6, 6.07) is 12.9. The van der Waals surface area contributed by atoms with Gasteiger partial charge in [0.25, 0.3) is 5.91 Å². The van der Waals surface area contributed by atoms with Gasteiger partial charge >= 0.3 is 0 Å². The summed E-state index contributed by atoms with van der Waals surface area (Å²) in [4.78, 5) is 12.5. The van der Waals surface area contributed by atoms with Gasteiger partial charge in [0.15, 0.2) is 11.5 Å². The zero-order valence-electron chi connectivity index (χ0n) is 16.5. The molecule has 0 aliphatic rings. The van der Waals surface area contributed by atoms with Crippen molar-refractivity contribution in [2.24, 2.45) is 5.73 Å². The minimum atomic E-state index is -0.158. The molecule has 1 amide bonds. The van der Waals surface area contributed by atoms with Crippen LogP contribution in [0.25, 0.3) is 0 Å². The van der Waals surface area contributed by atoms with E-state index in [0.29, 0.717) is 24.5 Å². The average Bonchev–Trinajstić information content (AvgIpc) is 2.71. The number of amides is 1. The van der Waals surface area contributed by atoms with Crippen molar-refractivity contribution in [2.45, 2.75) is 45.7 Å². The molecular weight excluding hydrogens is 340 g/mol. The third kappa shape index (κ3) is 6.00. The van der Waals surface area contributed by atoms with Crippen LogP contribution >= 0.6 is 0 Å². The number of unbranched alkanes of at least 4 members (excludes halogenated alkanes) is 2.